The molecule has 0 amide bonds. The number of nitrogens with zero attached hydrogens (tertiary/aromatic N) is 5. The highest BCUT2D eigenvalue weighted by atomic mass is 15.1. The lowest BCUT2D eigenvalue weighted by molar-refractivity contribution is 0.660. The molecule has 5 heteroatoms. The summed E-state index contributed by atoms with van der Waals surface area (Å²) in [6, 6.07) is 50.3. The zero-order valence-corrected chi connectivity index (χ0v) is 26.2. The van der Waals surface area contributed by atoms with Crippen molar-refractivity contribution in [1.29, 1.82) is 0 Å². The van der Waals surface area contributed by atoms with Crippen LogP contribution in [0.15, 0.2) is 152 Å². The quantitative estimate of drug-likeness (QED) is 0.196. The Balaban J connectivity index is 1.25. The number of fused-ring (bicyclic) bond motifs is 6. The number of benzene rings is 6. The van der Waals surface area contributed by atoms with Crippen LogP contribution in [0.4, 0.5) is 17.1 Å². The lowest BCUT2D eigenvalue weighted by Gasteiger charge is -2.28. The zero-order chi connectivity index (χ0) is 31.5. The van der Waals surface area contributed by atoms with Gasteiger partial charge in [-0.05, 0) is 95.1 Å². The summed E-state index contributed by atoms with van der Waals surface area (Å²) in [6.07, 6.45) is 3.07. The van der Waals surface area contributed by atoms with E-state index >= 15 is 0 Å². The predicted octanol–water partition coefficient (Wildman–Crippen LogP) is 10.4. The molecule has 8 aromatic rings. The molecule has 1 aliphatic rings. The molecule has 47 heavy (non-hydrogen) atoms. The Kier molecular flexibility index (Phi) is 6.09. The van der Waals surface area contributed by atoms with Crippen LogP contribution in [0.5, 0.6) is 0 Å². The Morgan fingerprint density at radius 3 is 2.00 bits per heavy atom. The molecule has 1 aliphatic carbocycles. The lowest BCUT2D eigenvalue weighted by Crippen LogP contribution is -2.16. The minimum Gasteiger partial charge on any atom is -0.310 e. The second kappa shape index (κ2) is 10.5. The normalized spacial score (nSPS) is 13.1. The first kappa shape index (κ1) is 27.3. The van der Waals surface area contributed by atoms with Gasteiger partial charge in [-0.15, -0.1) is 0 Å². The molecule has 0 saturated heterocycles. The average Bonchev–Trinajstić information content (AvgIpc) is 3.58. The van der Waals surface area contributed by atoms with Gasteiger partial charge >= 0.3 is 0 Å². The van der Waals surface area contributed by atoms with Gasteiger partial charge in [-0.25, -0.2) is 15.0 Å². The summed E-state index contributed by atoms with van der Waals surface area (Å²) in [5.74, 6) is 0.658. The van der Waals surface area contributed by atoms with Gasteiger partial charge in [0, 0.05) is 44.5 Å². The van der Waals surface area contributed by atoms with Crippen LogP contribution >= 0.6 is 0 Å². The van der Waals surface area contributed by atoms with Crippen LogP contribution in [-0.4, -0.2) is 19.5 Å². The molecular weight excluding hydrogens is 574 g/mol. The Morgan fingerprint density at radius 1 is 0.532 bits per heavy atom. The van der Waals surface area contributed by atoms with E-state index in [4.69, 9.17) is 0 Å². The highest BCUT2D eigenvalue weighted by Gasteiger charge is 2.35. The van der Waals surface area contributed by atoms with E-state index in [9.17, 15) is 0 Å². The maximum Gasteiger partial charge on any atom is 0.162 e. The van der Waals surface area contributed by atoms with Crippen molar-refractivity contribution < 1.29 is 0 Å². The Hall–Kier alpha value is -6.07. The van der Waals surface area contributed by atoms with Crippen molar-refractivity contribution in [2.75, 3.05) is 4.90 Å². The van der Waals surface area contributed by atoms with Crippen molar-refractivity contribution in [3.63, 3.8) is 0 Å². The third-order valence-electron chi connectivity index (χ3n) is 9.63. The van der Waals surface area contributed by atoms with Crippen LogP contribution in [0.25, 0.3) is 50.0 Å². The summed E-state index contributed by atoms with van der Waals surface area (Å²) in [7, 11) is 0. The standard InChI is InChI=1S/C42H31N5/c1-42(2)37-14-8-6-12-33(37)34-22-20-32(25-38(34)42)46(30-18-16-28(17-19-30)41-44-26-43-27-45-41)31-21-23-40-36(24-31)35-13-7-9-15-39(35)47(40)29-10-4-3-5-11-29/h3-27H,1-2H3. The highest BCUT2D eigenvalue weighted by molar-refractivity contribution is 6.10. The third kappa shape index (κ3) is 4.27. The molecule has 0 unspecified atom stereocenters. The van der Waals surface area contributed by atoms with E-state index in [0.717, 1.165) is 28.3 Å². The maximum absolute atomic E-state index is 4.37. The Bertz CT molecular complexity index is 2430. The van der Waals surface area contributed by atoms with E-state index in [0.29, 0.717) is 5.82 Å². The van der Waals surface area contributed by atoms with E-state index in [1.165, 1.54) is 56.7 Å². The number of rotatable bonds is 5. The van der Waals surface area contributed by atoms with E-state index in [2.05, 4.69) is 178 Å². The molecule has 0 bridgehead atoms. The van der Waals surface area contributed by atoms with Gasteiger partial charge in [-0.3, -0.25) is 0 Å². The fourth-order valence-corrected chi connectivity index (χ4v) is 7.38. The molecule has 2 aromatic heterocycles. The van der Waals surface area contributed by atoms with Gasteiger partial charge in [-0.2, -0.15) is 0 Å². The molecule has 0 saturated carbocycles. The van der Waals surface area contributed by atoms with Crippen LogP contribution in [-0.2, 0) is 5.41 Å². The molecule has 0 radical (unpaired) electrons. The van der Waals surface area contributed by atoms with Gasteiger partial charge in [0.15, 0.2) is 5.82 Å². The number of hydrogen-bond donors (Lipinski definition) is 0. The highest BCUT2D eigenvalue weighted by Crippen LogP contribution is 2.51. The minimum absolute atomic E-state index is 0.108. The van der Waals surface area contributed by atoms with Gasteiger partial charge in [0.1, 0.15) is 12.7 Å². The lowest BCUT2D eigenvalue weighted by atomic mass is 9.82. The van der Waals surface area contributed by atoms with Crippen molar-refractivity contribution in [2.24, 2.45) is 0 Å². The fraction of sp³-hybridized carbons (Fsp3) is 0.0714. The van der Waals surface area contributed by atoms with Crippen molar-refractivity contribution in [1.82, 2.24) is 19.5 Å². The topological polar surface area (TPSA) is 46.8 Å². The molecule has 224 valence electrons. The molecule has 0 fully saturated rings. The largest absolute Gasteiger partial charge is 0.310 e. The van der Waals surface area contributed by atoms with Crippen LogP contribution in [0, 0.1) is 0 Å². The van der Waals surface area contributed by atoms with Crippen molar-refractivity contribution >= 4 is 38.9 Å². The molecule has 0 N–H and O–H groups in total. The van der Waals surface area contributed by atoms with Gasteiger partial charge in [0.25, 0.3) is 0 Å². The first-order chi connectivity index (χ1) is 23.1. The number of hydrogen-bond acceptors (Lipinski definition) is 4. The molecule has 0 spiro atoms. The van der Waals surface area contributed by atoms with Crippen LogP contribution in [0.3, 0.4) is 0 Å². The second-order valence-electron chi connectivity index (χ2n) is 12.6. The molecule has 6 aromatic carbocycles. The molecule has 0 atom stereocenters. The van der Waals surface area contributed by atoms with Crippen molar-refractivity contribution in [2.45, 2.75) is 19.3 Å². The molecular formula is C42H31N5. The zero-order valence-electron chi connectivity index (χ0n) is 26.2. The van der Waals surface area contributed by atoms with E-state index in [1.54, 1.807) is 0 Å². The molecule has 2 heterocycles. The summed E-state index contributed by atoms with van der Waals surface area (Å²) >= 11 is 0. The first-order valence-corrected chi connectivity index (χ1v) is 15.9. The summed E-state index contributed by atoms with van der Waals surface area (Å²) in [5.41, 5.74) is 13.0. The SMILES string of the molecule is CC1(C)c2ccccc2-c2ccc(N(c3ccc(-c4ncncn4)cc3)c3ccc4c(c3)c3ccccc3n4-c3ccccc3)cc21. The van der Waals surface area contributed by atoms with Crippen molar-refractivity contribution in [3.05, 3.63) is 163 Å². The summed E-state index contributed by atoms with van der Waals surface area (Å²) in [5, 5.41) is 2.44. The van der Waals surface area contributed by atoms with Crippen molar-refractivity contribution in [3.8, 4) is 28.2 Å². The van der Waals surface area contributed by atoms with Gasteiger partial charge in [0.05, 0.1) is 11.0 Å². The summed E-state index contributed by atoms with van der Waals surface area (Å²) < 4.78 is 2.36. The number of para-hydroxylation sites is 2. The average molecular weight is 606 g/mol. The summed E-state index contributed by atoms with van der Waals surface area (Å²) in [6.45, 7) is 4.67. The third-order valence-corrected chi connectivity index (χ3v) is 9.63. The van der Waals surface area contributed by atoms with Crippen LogP contribution < -0.4 is 4.90 Å². The van der Waals surface area contributed by atoms with Gasteiger partial charge in [0.2, 0.25) is 0 Å². The Labute approximate surface area is 273 Å². The minimum atomic E-state index is -0.108. The molecule has 9 rings (SSSR count). The van der Waals surface area contributed by atoms with E-state index in [-0.39, 0.29) is 5.41 Å². The van der Waals surface area contributed by atoms with Gasteiger partial charge in [-0.1, -0.05) is 80.6 Å². The maximum atomic E-state index is 4.37. The monoisotopic (exact) mass is 605 g/mol. The predicted molar refractivity (Wildman–Crippen MR) is 192 cm³/mol. The second-order valence-corrected chi connectivity index (χ2v) is 12.6. The first-order valence-electron chi connectivity index (χ1n) is 15.9. The van der Waals surface area contributed by atoms with Crippen LogP contribution in [0.2, 0.25) is 0 Å². The Morgan fingerprint density at radius 2 is 1.17 bits per heavy atom. The van der Waals surface area contributed by atoms with Gasteiger partial charge < -0.3 is 9.47 Å². The van der Waals surface area contributed by atoms with Crippen LogP contribution in [0.1, 0.15) is 25.0 Å². The smallest absolute Gasteiger partial charge is 0.162 e. The number of aromatic nitrogens is 4. The fourth-order valence-electron chi connectivity index (χ4n) is 7.38. The number of anilines is 3. The van der Waals surface area contributed by atoms with E-state index in [1.807, 2.05) is 0 Å². The molecule has 5 nitrogen and oxygen atoms in total. The molecule has 0 aliphatic heterocycles. The van der Waals surface area contributed by atoms with E-state index < -0.39 is 0 Å². The summed E-state index contributed by atoms with van der Waals surface area (Å²) in [4.78, 5) is 15.1.